The van der Waals surface area contributed by atoms with Crippen LogP contribution in [0.1, 0.15) is 46.1 Å². The first-order valence-electron chi connectivity index (χ1n) is 7.02. The van der Waals surface area contributed by atoms with Crippen molar-refractivity contribution in [2.75, 3.05) is 6.61 Å². The fourth-order valence-electron chi connectivity index (χ4n) is 1.68. The molecule has 2 nitrogen and oxygen atoms in total. The first kappa shape index (κ1) is 18.0. The lowest BCUT2D eigenvalue weighted by molar-refractivity contribution is -0.111. The molecule has 0 saturated heterocycles. The molecule has 0 bridgehead atoms. The van der Waals surface area contributed by atoms with Gasteiger partial charge in [0.15, 0.2) is 0 Å². The highest BCUT2D eigenvalue weighted by Crippen LogP contribution is 2.15. The van der Waals surface area contributed by atoms with Crippen molar-refractivity contribution in [2.24, 2.45) is 5.92 Å². The van der Waals surface area contributed by atoms with Gasteiger partial charge in [0, 0.05) is 6.42 Å². The van der Waals surface area contributed by atoms with Crippen molar-refractivity contribution in [3.05, 3.63) is 29.8 Å². The molecule has 0 heterocycles. The highest BCUT2D eigenvalue weighted by Gasteiger charge is 2.03. The van der Waals surface area contributed by atoms with Gasteiger partial charge in [-0.2, -0.15) is 0 Å². The van der Waals surface area contributed by atoms with Gasteiger partial charge in [0.2, 0.25) is 5.24 Å². The number of carbonyl (C=O) groups is 1. The zero-order valence-corrected chi connectivity index (χ0v) is 13.2. The van der Waals surface area contributed by atoms with E-state index in [1.165, 1.54) is 12.8 Å². The number of halogens is 1. The summed E-state index contributed by atoms with van der Waals surface area (Å²) in [6.45, 7) is 9.10. The predicted molar refractivity (Wildman–Crippen MR) is 81.9 cm³/mol. The van der Waals surface area contributed by atoms with Gasteiger partial charge >= 0.3 is 0 Å². The minimum Gasteiger partial charge on any atom is -0.493 e. The Morgan fingerprint density at radius 1 is 1.26 bits per heavy atom. The zero-order valence-electron chi connectivity index (χ0n) is 12.4. The second-order valence-corrected chi connectivity index (χ2v) is 4.80. The number of rotatable bonds is 7. The standard InChI is InChI=1S/C14H19ClO2.C2H6/c1-3-4-11(2)10-17-13-7-5-12(6-8-13)9-14(15)16;1-2/h5-8,11H,3-4,9-10H2,1-2H3;1-2H3. The van der Waals surface area contributed by atoms with Crippen LogP contribution >= 0.6 is 11.6 Å². The molecule has 0 radical (unpaired) electrons. The Kier molecular flexibility index (Phi) is 10.3. The van der Waals surface area contributed by atoms with E-state index in [1.54, 1.807) is 0 Å². The van der Waals surface area contributed by atoms with Crippen LogP contribution in [0.5, 0.6) is 5.75 Å². The van der Waals surface area contributed by atoms with Crippen LogP contribution in [0.25, 0.3) is 0 Å². The molecule has 108 valence electrons. The summed E-state index contributed by atoms with van der Waals surface area (Å²) < 4.78 is 5.66. The number of carbonyl (C=O) groups excluding carboxylic acids is 1. The third-order valence-electron chi connectivity index (χ3n) is 2.58. The third-order valence-corrected chi connectivity index (χ3v) is 2.72. The molecule has 0 N–H and O–H groups in total. The maximum atomic E-state index is 10.7. The quantitative estimate of drug-likeness (QED) is 0.670. The maximum Gasteiger partial charge on any atom is 0.226 e. The van der Waals surface area contributed by atoms with E-state index in [2.05, 4.69) is 13.8 Å². The van der Waals surface area contributed by atoms with Crippen LogP contribution in [0.15, 0.2) is 24.3 Å². The summed E-state index contributed by atoms with van der Waals surface area (Å²) >= 11 is 5.32. The fourth-order valence-corrected chi connectivity index (χ4v) is 1.83. The Morgan fingerprint density at radius 2 is 1.84 bits per heavy atom. The maximum absolute atomic E-state index is 10.7. The van der Waals surface area contributed by atoms with Gasteiger partial charge in [0.25, 0.3) is 0 Å². The molecule has 1 rings (SSSR count). The zero-order chi connectivity index (χ0) is 14.7. The molecule has 3 heteroatoms. The molecule has 19 heavy (non-hydrogen) atoms. The predicted octanol–water partition coefficient (Wildman–Crippen LogP) is 4.84. The summed E-state index contributed by atoms with van der Waals surface area (Å²) in [5.41, 5.74) is 0.916. The van der Waals surface area contributed by atoms with Crippen molar-refractivity contribution < 1.29 is 9.53 Å². The molecule has 0 spiro atoms. The number of benzene rings is 1. The molecule has 0 amide bonds. The lowest BCUT2D eigenvalue weighted by Crippen LogP contribution is -2.08. The van der Waals surface area contributed by atoms with Gasteiger partial charge in [-0.3, -0.25) is 4.79 Å². The van der Waals surface area contributed by atoms with Crippen LogP contribution in [-0.4, -0.2) is 11.8 Å². The molecule has 1 aromatic carbocycles. The normalized spacial score (nSPS) is 11.2. The summed E-state index contributed by atoms with van der Waals surface area (Å²) in [5.74, 6) is 1.42. The minimum absolute atomic E-state index is 0.272. The molecular weight excluding hydrogens is 260 g/mol. The van der Waals surface area contributed by atoms with Crippen LogP contribution < -0.4 is 4.74 Å². The van der Waals surface area contributed by atoms with E-state index in [-0.39, 0.29) is 11.7 Å². The van der Waals surface area contributed by atoms with Gasteiger partial charge in [-0.15, -0.1) is 0 Å². The molecule has 1 unspecified atom stereocenters. The van der Waals surface area contributed by atoms with Crippen LogP contribution in [0.4, 0.5) is 0 Å². The highest BCUT2D eigenvalue weighted by molar-refractivity contribution is 6.63. The largest absolute Gasteiger partial charge is 0.493 e. The summed E-state index contributed by atoms with van der Waals surface area (Å²) in [6, 6.07) is 7.52. The molecule has 0 aliphatic rings. The number of ether oxygens (including phenoxy) is 1. The lowest BCUT2D eigenvalue weighted by Gasteiger charge is -2.12. The summed E-state index contributed by atoms with van der Waals surface area (Å²) in [7, 11) is 0. The molecule has 0 aliphatic heterocycles. The van der Waals surface area contributed by atoms with Crippen LogP contribution in [-0.2, 0) is 11.2 Å². The second kappa shape index (κ2) is 10.9. The van der Waals surface area contributed by atoms with E-state index >= 15 is 0 Å². The van der Waals surface area contributed by atoms with Gasteiger partial charge in [-0.25, -0.2) is 0 Å². The van der Waals surface area contributed by atoms with Crippen LogP contribution in [0, 0.1) is 5.92 Å². The van der Waals surface area contributed by atoms with E-state index in [0.29, 0.717) is 5.92 Å². The van der Waals surface area contributed by atoms with Gasteiger partial charge in [-0.05, 0) is 41.6 Å². The van der Waals surface area contributed by atoms with E-state index in [1.807, 2.05) is 38.1 Å². The van der Waals surface area contributed by atoms with Crippen molar-refractivity contribution in [1.82, 2.24) is 0 Å². The Balaban J connectivity index is 0.00000154. The minimum atomic E-state index is -0.338. The molecule has 1 atom stereocenters. The molecule has 0 aliphatic carbocycles. The van der Waals surface area contributed by atoms with Crippen molar-refractivity contribution >= 4 is 16.8 Å². The molecule has 0 fully saturated rings. The second-order valence-electron chi connectivity index (χ2n) is 4.38. The lowest BCUT2D eigenvalue weighted by atomic mass is 10.1. The molecular formula is C16H25ClO2. The van der Waals surface area contributed by atoms with Gasteiger partial charge < -0.3 is 4.74 Å². The van der Waals surface area contributed by atoms with E-state index < -0.39 is 0 Å². The molecule has 0 aromatic heterocycles. The van der Waals surface area contributed by atoms with Crippen LogP contribution in [0.2, 0.25) is 0 Å². The Hall–Kier alpha value is -1.02. The Bertz CT molecular complexity index is 346. The Morgan fingerprint density at radius 3 is 2.32 bits per heavy atom. The van der Waals surface area contributed by atoms with Crippen molar-refractivity contribution in [2.45, 2.75) is 47.0 Å². The van der Waals surface area contributed by atoms with Crippen molar-refractivity contribution in [3.8, 4) is 5.75 Å². The van der Waals surface area contributed by atoms with E-state index in [4.69, 9.17) is 16.3 Å². The number of hydrogen-bond acceptors (Lipinski definition) is 2. The van der Waals surface area contributed by atoms with E-state index in [0.717, 1.165) is 17.9 Å². The van der Waals surface area contributed by atoms with E-state index in [9.17, 15) is 4.79 Å². The first-order chi connectivity index (χ1) is 9.11. The molecule has 1 aromatic rings. The number of hydrogen-bond donors (Lipinski definition) is 0. The monoisotopic (exact) mass is 284 g/mol. The average molecular weight is 285 g/mol. The van der Waals surface area contributed by atoms with Crippen LogP contribution in [0.3, 0.4) is 0 Å². The van der Waals surface area contributed by atoms with Gasteiger partial charge in [-0.1, -0.05) is 46.2 Å². The third kappa shape index (κ3) is 8.66. The Labute approximate surface area is 122 Å². The summed E-state index contributed by atoms with van der Waals surface area (Å²) in [5, 5.41) is -0.338. The summed E-state index contributed by atoms with van der Waals surface area (Å²) in [4.78, 5) is 10.7. The highest BCUT2D eigenvalue weighted by atomic mass is 35.5. The van der Waals surface area contributed by atoms with Crippen molar-refractivity contribution in [1.29, 1.82) is 0 Å². The molecule has 0 saturated carbocycles. The van der Waals surface area contributed by atoms with Gasteiger partial charge in [0.05, 0.1) is 6.61 Å². The smallest absolute Gasteiger partial charge is 0.226 e. The van der Waals surface area contributed by atoms with Crippen molar-refractivity contribution in [3.63, 3.8) is 0 Å². The average Bonchev–Trinajstić information content (AvgIpc) is 2.40. The summed E-state index contributed by atoms with van der Waals surface area (Å²) in [6.07, 6.45) is 2.63. The SMILES string of the molecule is CC.CCCC(C)COc1ccc(CC(=O)Cl)cc1. The topological polar surface area (TPSA) is 26.3 Å². The van der Waals surface area contributed by atoms with Gasteiger partial charge in [0.1, 0.15) is 5.75 Å². The first-order valence-corrected chi connectivity index (χ1v) is 7.39. The fraction of sp³-hybridized carbons (Fsp3) is 0.562.